The zero-order valence-electron chi connectivity index (χ0n) is 13.4. The van der Waals surface area contributed by atoms with Gasteiger partial charge < -0.3 is 16.0 Å². The van der Waals surface area contributed by atoms with Crippen LogP contribution in [-0.4, -0.2) is 59.0 Å². The van der Waals surface area contributed by atoms with Crippen LogP contribution in [0.4, 0.5) is 10.9 Å². The number of carbonyl (C=O) groups excluding carboxylic acids is 1. The number of carbonyl (C=O) groups is 1. The van der Waals surface area contributed by atoms with Gasteiger partial charge >= 0.3 is 0 Å². The van der Waals surface area contributed by atoms with Crippen molar-refractivity contribution in [3.63, 3.8) is 0 Å². The van der Waals surface area contributed by atoms with Gasteiger partial charge in [-0.25, -0.2) is 4.98 Å². The Morgan fingerprint density at radius 2 is 2.10 bits per heavy atom. The van der Waals surface area contributed by atoms with Crippen molar-refractivity contribution in [3.8, 4) is 0 Å². The summed E-state index contributed by atoms with van der Waals surface area (Å²) in [7, 11) is 2.09. The van der Waals surface area contributed by atoms with E-state index in [4.69, 9.17) is 5.73 Å². The van der Waals surface area contributed by atoms with Crippen molar-refractivity contribution < 1.29 is 4.79 Å². The number of nitrogens with two attached hydrogens (primary N) is 1. The summed E-state index contributed by atoms with van der Waals surface area (Å²) in [5.74, 6) is 0.313. The molecule has 0 spiro atoms. The number of anilines is 2. The zero-order valence-corrected chi connectivity index (χ0v) is 14.3. The Hall–Kier alpha value is -1.34. The van der Waals surface area contributed by atoms with Gasteiger partial charge in [-0.3, -0.25) is 9.69 Å². The molecule has 0 aliphatic carbocycles. The third kappa shape index (κ3) is 3.47. The summed E-state index contributed by atoms with van der Waals surface area (Å²) in [6, 6.07) is 0.265. The molecule has 0 atom stereocenters. The van der Waals surface area contributed by atoms with Crippen molar-refractivity contribution in [3.05, 3.63) is 4.88 Å². The summed E-state index contributed by atoms with van der Waals surface area (Å²) in [4.78, 5) is 21.6. The van der Waals surface area contributed by atoms with Crippen LogP contribution in [0.25, 0.3) is 0 Å². The van der Waals surface area contributed by atoms with E-state index in [9.17, 15) is 4.79 Å². The quantitative estimate of drug-likeness (QED) is 0.889. The van der Waals surface area contributed by atoms with Crippen molar-refractivity contribution in [2.75, 3.05) is 37.7 Å². The Balaban J connectivity index is 2.15. The number of likely N-dealkylation sites (N-methyl/N-ethyl adjacent to an activating group) is 1. The summed E-state index contributed by atoms with van der Waals surface area (Å²) < 4.78 is 0. The summed E-state index contributed by atoms with van der Waals surface area (Å²) in [5, 5.41) is 3.90. The summed E-state index contributed by atoms with van der Waals surface area (Å²) in [6.07, 6.45) is 0. The van der Waals surface area contributed by atoms with E-state index in [1.807, 2.05) is 18.7 Å². The number of nitrogen functional groups attached to an aromatic ring is 1. The second-order valence-corrected chi connectivity index (χ2v) is 7.49. The number of nitrogens with zero attached hydrogens (tertiary/aromatic N) is 3. The van der Waals surface area contributed by atoms with Gasteiger partial charge in [-0.05, 0) is 34.7 Å². The van der Waals surface area contributed by atoms with Gasteiger partial charge in [-0.1, -0.05) is 11.3 Å². The Morgan fingerprint density at radius 1 is 1.43 bits per heavy atom. The number of aromatic nitrogens is 1. The molecule has 1 aliphatic heterocycles. The first-order chi connectivity index (χ1) is 9.70. The van der Waals surface area contributed by atoms with Gasteiger partial charge in [0.25, 0.3) is 5.91 Å². The molecule has 1 aromatic heterocycles. The van der Waals surface area contributed by atoms with E-state index >= 15 is 0 Å². The Kier molecular flexibility index (Phi) is 4.43. The number of thiazole rings is 1. The fraction of sp³-hybridized carbons (Fsp3) is 0.714. The molecule has 0 bridgehead atoms. The van der Waals surface area contributed by atoms with Crippen LogP contribution in [0, 0.1) is 0 Å². The molecule has 1 amide bonds. The van der Waals surface area contributed by atoms with Gasteiger partial charge in [0, 0.05) is 31.2 Å². The second-order valence-electron chi connectivity index (χ2n) is 6.49. The predicted octanol–water partition coefficient (Wildman–Crippen LogP) is 1.71. The Morgan fingerprint density at radius 3 is 2.67 bits per heavy atom. The maximum absolute atomic E-state index is 12.7. The smallest absolute Gasteiger partial charge is 0.267 e. The minimum absolute atomic E-state index is 0.0111. The molecule has 3 N–H and O–H groups in total. The van der Waals surface area contributed by atoms with Crippen LogP contribution in [-0.2, 0) is 0 Å². The van der Waals surface area contributed by atoms with Crippen LogP contribution >= 0.6 is 11.3 Å². The molecule has 0 aromatic carbocycles. The van der Waals surface area contributed by atoms with Gasteiger partial charge in [0.2, 0.25) is 0 Å². The first kappa shape index (κ1) is 16.0. The van der Waals surface area contributed by atoms with E-state index in [0.29, 0.717) is 22.4 Å². The highest BCUT2D eigenvalue weighted by Gasteiger charge is 2.34. The largest absolute Gasteiger partial charge is 0.382 e. The number of rotatable bonds is 3. The minimum atomic E-state index is -0.0215. The highest BCUT2D eigenvalue weighted by Crippen LogP contribution is 2.28. The van der Waals surface area contributed by atoms with Gasteiger partial charge in [-0.2, -0.15) is 0 Å². The first-order valence-electron chi connectivity index (χ1n) is 7.24. The van der Waals surface area contributed by atoms with Crippen LogP contribution in [0.1, 0.15) is 37.4 Å². The average Bonchev–Trinajstić information content (AvgIpc) is 2.71. The zero-order chi connectivity index (χ0) is 15.8. The molecule has 0 radical (unpaired) electrons. The SMILES string of the molecule is CC(C)Nc1nc(N)c(C(=O)N2CCN(C)C(C)(C)C2)s1. The number of piperazine rings is 1. The van der Waals surface area contributed by atoms with Crippen molar-refractivity contribution in [1.82, 2.24) is 14.8 Å². The minimum Gasteiger partial charge on any atom is -0.382 e. The van der Waals surface area contributed by atoms with Crippen molar-refractivity contribution in [2.24, 2.45) is 0 Å². The molecule has 0 saturated carbocycles. The fourth-order valence-corrected chi connectivity index (χ4v) is 3.35. The number of nitrogens with one attached hydrogen (secondary N) is 1. The Labute approximate surface area is 130 Å². The summed E-state index contributed by atoms with van der Waals surface area (Å²) in [5.41, 5.74) is 5.90. The van der Waals surface area contributed by atoms with Gasteiger partial charge in [-0.15, -0.1) is 0 Å². The molecule has 0 unspecified atom stereocenters. The monoisotopic (exact) mass is 311 g/mol. The van der Waals surface area contributed by atoms with E-state index in [1.165, 1.54) is 11.3 Å². The maximum atomic E-state index is 12.7. The van der Waals surface area contributed by atoms with Crippen molar-refractivity contribution >= 4 is 28.2 Å². The second kappa shape index (κ2) is 5.81. The molecule has 1 aliphatic rings. The van der Waals surface area contributed by atoms with Crippen LogP contribution in [0.3, 0.4) is 0 Å². The lowest BCUT2D eigenvalue weighted by Crippen LogP contribution is -2.58. The number of hydrogen-bond donors (Lipinski definition) is 2. The van der Waals surface area contributed by atoms with Crippen molar-refractivity contribution in [1.29, 1.82) is 0 Å². The van der Waals surface area contributed by atoms with E-state index in [1.54, 1.807) is 0 Å². The lowest BCUT2D eigenvalue weighted by Gasteiger charge is -2.45. The molecule has 1 fully saturated rings. The molecular formula is C14H25N5OS. The van der Waals surface area contributed by atoms with E-state index in [2.05, 4.69) is 36.1 Å². The molecule has 2 rings (SSSR count). The van der Waals surface area contributed by atoms with Gasteiger partial charge in [0.1, 0.15) is 10.7 Å². The highest BCUT2D eigenvalue weighted by atomic mass is 32.1. The third-order valence-corrected chi connectivity index (χ3v) is 4.85. The lowest BCUT2D eigenvalue weighted by molar-refractivity contribution is 0.0315. The Bertz CT molecular complexity index is 525. The molecule has 1 aromatic rings. The summed E-state index contributed by atoms with van der Waals surface area (Å²) >= 11 is 1.34. The number of amides is 1. The van der Waals surface area contributed by atoms with Crippen LogP contribution in [0.15, 0.2) is 0 Å². The fourth-order valence-electron chi connectivity index (χ4n) is 2.35. The van der Waals surface area contributed by atoms with Crippen LogP contribution < -0.4 is 11.1 Å². The van der Waals surface area contributed by atoms with Gasteiger partial charge in [0.05, 0.1) is 0 Å². The summed E-state index contributed by atoms with van der Waals surface area (Å²) in [6.45, 7) is 10.6. The van der Waals surface area contributed by atoms with Gasteiger partial charge in [0.15, 0.2) is 5.13 Å². The highest BCUT2D eigenvalue weighted by molar-refractivity contribution is 7.18. The molecule has 6 nitrogen and oxygen atoms in total. The molecule has 2 heterocycles. The molecule has 1 saturated heterocycles. The normalized spacial score (nSPS) is 19.0. The predicted molar refractivity (Wildman–Crippen MR) is 87.9 cm³/mol. The van der Waals surface area contributed by atoms with E-state index in [-0.39, 0.29) is 17.5 Å². The van der Waals surface area contributed by atoms with E-state index in [0.717, 1.165) is 13.1 Å². The molecule has 21 heavy (non-hydrogen) atoms. The topological polar surface area (TPSA) is 74.5 Å². The molecular weight excluding hydrogens is 286 g/mol. The molecule has 7 heteroatoms. The van der Waals surface area contributed by atoms with Crippen LogP contribution in [0.2, 0.25) is 0 Å². The first-order valence-corrected chi connectivity index (χ1v) is 8.05. The third-order valence-electron chi connectivity index (χ3n) is 3.86. The number of hydrogen-bond acceptors (Lipinski definition) is 6. The lowest BCUT2D eigenvalue weighted by atomic mass is 9.99. The average molecular weight is 311 g/mol. The maximum Gasteiger partial charge on any atom is 0.267 e. The van der Waals surface area contributed by atoms with Crippen LogP contribution in [0.5, 0.6) is 0 Å². The standard InChI is InChI=1S/C14H25N5OS/c1-9(2)16-13-17-11(15)10(21-13)12(20)19-7-6-18(5)14(3,4)8-19/h9H,6-8,15H2,1-5H3,(H,16,17). The van der Waals surface area contributed by atoms with E-state index < -0.39 is 0 Å². The molecule has 118 valence electrons. The van der Waals surface area contributed by atoms with Crippen molar-refractivity contribution in [2.45, 2.75) is 39.3 Å².